The number of nitrogens with zero attached hydrogens (tertiary/aromatic N) is 1. The first-order chi connectivity index (χ1) is 9.56. The molecule has 1 aliphatic rings. The summed E-state index contributed by atoms with van der Waals surface area (Å²) in [7, 11) is 0. The molecule has 6 heteroatoms. The highest BCUT2D eigenvalue weighted by molar-refractivity contribution is 9.10. The molecule has 0 radical (unpaired) electrons. The van der Waals surface area contributed by atoms with Crippen LogP contribution < -0.4 is 5.32 Å². The summed E-state index contributed by atoms with van der Waals surface area (Å²) in [6, 6.07) is 1.71. The fourth-order valence-electron chi connectivity index (χ4n) is 2.57. The van der Waals surface area contributed by atoms with E-state index in [0.717, 1.165) is 4.47 Å². The molecule has 1 saturated carbocycles. The van der Waals surface area contributed by atoms with Gasteiger partial charge in [-0.3, -0.25) is 4.79 Å². The van der Waals surface area contributed by atoms with Crippen molar-refractivity contribution >= 4 is 45.2 Å². The fourth-order valence-corrected chi connectivity index (χ4v) is 4.00. The average Bonchev–Trinajstić information content (AvgIpc) is 2.48. The first-order valence-electron chi connectivity index (χ1n) is 6.71. The minimum Gasteiger partial charge on any atom is -0.351 e. The number of carbonyl (C=O) groups is 1. The Morgan fingerprint density at radius 3 is 2.85 bits per heavy atom. The van der Waals surface area contributed by atoms with E-state index in [9.17, 15) is 4.79 Å². The van der Waals surface area contributed by atoms with Gasteiger partial charge in [-0.05, 0) is 41.1 Å². The third-order valence-corrected chi connectivity index (χ3v) is 5.97. The Hall–Kier alpha value is -0.260. The van der Waals surface area contributed by atoms with E-state index in [1.165, 1.54) is 32.1 Å². The van der Waals surface area contributed by atoms with E-state index >= 15 is 0 Å². The van der Waals surface area contributed by atoms with Crippen molar-refractivity contribution in [2.75, 3.05) is 12.8 Å². The summed E-state index contributed by atoms with van der Waals surface area (Å²) in [5.74, 6) is -0.150. The Bertz CT molecular complexity index is 492. The van der Waals surface area contributed by atoms with Crippen LogP contribution in [0, 0.1) is 0 Å². The summed E-state index contributed by atoms with van der Waals surface area (Å²) >= 11 is 11.2. The van der Waals surface area contributed by atoms with E-state index in [4.69, 9.17) is 11.6 Å². The van der Waals surface area contributed by atoms with Crippen molar-refractivity contribution in [3.63, 3.8) is 0 Å². The van der Waals surface area contributed by atoms with Crippen LogP contribution in [0.5, 0.6) is 0 Å². The average molecular weight is 378 g/mol. The standard InChI is InChI=1S/C14H18BrClN2OS/c1-20-14(5-3-2-4-6-14)9-18-13(19)11-7-10(15)8-17-12(11)16/h7-8H,2-6,9H2,1H3,(H,18,19). The van der Waals surface area contributed by atoms with Crippen molar-refractivity contribution in [2.45, 2.75) is 36.9 Å². The summed E-state index contributed by atoms with van der Waals surface area (Å²) in [6.07, 6.45) is 9.84. The molecule has 1 amide bonds. The number of carbonyl (C=O) groups excluding carboxylic acids is 1. The topological polar surface area (TPSA) is 42.0 Å². The molecule has 1 fully saturated rings. The molecule has 0 bridgehead atoms. The van der Waals surface area contributed by atoms with E-state index in [0.29, 0.717) is 12.1 Å². The van der Waals surface area contributed by atoms with Crippen LogP contribution in [-0.2, 0) is 0 Å². The van der Waals surface area contributed by atoms with Gasteiger partial charge >= 0.3 is 0 Å². The number of halogens is 2. The molecular weight excluding hydrogens is 360 g/mol. The Morgan fingerprint density at radius 2 is 2.20 bits per heavy atom. The molecule has 1 aromatic heterocycles. The highest BCUT2D eigenvalue weighted by Gasteiger charge is 2.31. The van der Waals surface area contributed by atoms with Crippen molar-refractivity contribution in [2.24, 2.45) is 0 Å². The van der Waals surface area contributed by atoms with Crippen molar-refractivity contribution in [1.29, 1.82) is 0 Å². The summed E-state index contributed by atoms with van der Waals surface area (Å²) in [4.78, 5) is 16.2. The largest absolute Gasteiger partial charge is 0.351 e. The zero-order chi connectivity index (χ0) is 14.6. The monoisotopic (exact) mass is 376 g/mol. The Balaban J connectivity index is 2.02. The van der Waals surface area contributed by atoms with Crippen LogP contribution in [0.2, 0.25) is 5.15 Å². The number of hydrogen-bond acceptors (Lipinski definition) is 3. The predicted molar refractivity (Wildman–Crippen MR) is 88.6 cm³/mol. The van der Waals surface area contributed by atoms with Crippen molar-refractivity contribution in [3.05, 3.63) is 27.5 Å². The van der Waals surface area contributed by atoms with Crippen LogP contribution >= 0.6 is 39.3 Å². The number of amides is 1. The van der Waals surface area contributed by atoms with Crippen LogP contribution in [0.15, 0.2) is 16.7 Å². The van der Waals surface area contributed by atoms with Crippen LogP contribution in [0.25, 0.3) is 0 Å². The first kappa shape index (κ1) is 16.1. The number of aromatic nitrogens is 1. The molecule has 1 N–H and O–H groups in total. The quantitative estimate of drug-likeness (QED) is 0.796. The minimum atomic E-state index is -0.150. The van der Waals surface area contributed by atoms with Gasteiger partial charge in [0.2, 0.25) is 0 Å². The van der Waals surface area contributed by atoms with Gasteiger partial charge in [-0.2, -0.15) is 11.8 Å². The summed E-state index contributed by atoms with van der Waals surface area (Å²) in [5.41, 5.74) is 0.424. The Labute approximate surface area is 137 Å². The van der Waals surface area contributed by atoms with Gasteiger partial charge in [0.15, 0.2) is 0 Å². The van der Waals surface area contributed by atoms with Gasteiger partial charge in [-0.1, -0.05) is 30.9 Å². The molecule has 0 saturated heterocycles. The summed E-state index contributed by atoms with van der Waals surface area (Å²) < 4.78 is 0.934. The summed E-state index contributed by atoms with van der Waals surface area (Å²) in [5, 5.41) is 3.27. The molecule has 110 valence electrons. The number of thioether (sulfide) groups is 1. The highest BCUT2D eigenvalue weighted by atomic mass is 79.9. The van der Waals surface area contributed by atoms with Crippen molar-refractivity contribution < 1.29 is 4.79 Å². The van der Waals surface area contributed by atoms with E-state index in [2.05, 4.69) is 32.5 Å². The first-order valence-corrected chi connectivity index (χ1v) is 9.10. The van der Waals surface area contributed by atoms with E-state index in [1.54, 1.807) is 12.3 Å². The maximum Gasteiger partial charge on any atom is 0.254 e. The van der Waals surface area contributed by atoms with Crippen LogP contribution in [0.4, 0.5) is 0 Å². The molecule has 0 aromatic carbocycles. The molecule has 20 heavy (non-hydrogen) atoms. The predicted octanol–water partition coefficient (Wildman–Crippen LogP) is 4.29. The van der Waals surface area contributed by atoms with E-state index < -0.39 is 0 Å². The maximum absolute atomic E-state index is 12.3. The third-order valence-electron chi connectivity index (χ3n) is 3.82. The molecule has 2 rings (SSSR count). The maximum atomic E-state index is 12.3. The van der Waals surface area contributed by atoms with Gasteiger partial charge in [0, 0.05) is 22.0 Å². The second-order valence-electron chi connectivity index (χ2n) is 5.12. The Kier molecular flexibility index (Phi) is 5.75. The zero-order valence-corrected chi connectivity index (χ0v) is 14.6. The number of nitrogens with one attached hydrogen (secondary N) is 1. The number of rotatable bonds is 4. The van der Waals surface area contributed by atoms with Crippen LogP contribution in [-0.4, -0.2) is 28.4 Å². The Morgan fingerprint density at radius 1 is 1.50 bits per heavy atom. The van der Waals surface area contributed by atoms with Crippen molar-refractivity contribution in [3.8, 4) is 0 Å². The van der Waals surface area contributed by atoms with Gasteiger partial charge < -0.3 is 5.32 Å². The van der Waals surface area contributed by atoms with E-state index in [1.807, 2.05) is 11.8 Å². The smallest absolute Gasteiger partial charge is 0.254 e. The van der Waals surface area contributed by atoms with E-state index in [-0.39, 0.29) is 15.8 Å². The molecule has 1 aromatic rings. The lowest BCUT2D eigenvalue weighted by Gasteiger charge is -2.35. The normalized spacial score (nSPS) is 17.8. The van der Waals surface area contributed by atoms with Crippen LogP contribution in [0.1, 0.15) is 42.5 Å². The van der Waals surface area contributed by atoms with Gasteiger partial charge in [0.05, 0.1) is 5.56 Å². The highest BCUT2D eigenvalue weighted by Crippen LogP contribution is 2.38. The second kappa shape index (κ2) is 7.14. The molecule has 0 spiro atoms. The SMILES string of the molecule is CSC1(CNC(=O)c2cc(Br)cnc2Cl)CCCCC1. The molecular formula is C14H18BrClN2OS. The summed E-state index contributed by atoms with van der Waals surface area (Å²) in [6.45, 7) is 0.690. The molecule has 3 nitrogen and oxygen atoms in total. The van der Waals surface area contributed by atoms with Gasteiger partial charge in [-0.25, -0.2) is 4.98 Å². The molecule has 0 unspecified atom stereocenters. The molecule has 1 aliphatic carbocycles. The van der Waals surface area contributed by atoms with Gasteiger partial charge in [0.25, 0.3) is 5.91 Å². The minimum absolute atomic E-state index is 0.150. The number of pyridine rings is 1. The second-order valence-corrected chi connectivity index (χ2v) is 7.67. The molecule has 1 heterocycles. The lowest BCUT2D eigenvalue weighted by atomic mass is 9.88. The molecule has 0 atom stereocenters. The number of hydrogen-bond donors (Lipinski definition) is 1. The van der Waals surface area contributed by atoms with Gasteiger partial charge in [-0.15, -0.1) is 0 Å². The molecule has 0 aliphatic heterocycles. The lowest BCUT2D eigenvalue weighted by molar-refractivity contribution is 0.0946. The van der Waals surface area contributed by atoms with Gasteiger partial charge in [0.1, 0.15) is 5.15 Å². The van der Waals surface area contributed by atoms with Crippen molar-refractivity contribution in [1.82, 2.24) is 10.3 Å². The zero-order valence-electron chi connectivity index (χ0n) is 11.4. The lowest BCUT2D eigenvalue weighted by Crippen LogP contribution is -2.41. The van der Waals surface area contributed by atoms with Crippen LogP contribution in [0.3, 0.4) is 0 Å². The fraction of sp³-hybridized carbons (Fsp3) is 0.571. The third kappa shape index (κ3) is 3.89.